The van der Waals surface area contributed by atoms with Gasteiger partial charge in [-0.25, -0.2) is 4.68 Å². The highest BCUT2D eigenvalue weighted by atomic mass is 35.5. The van der Waals surface area contributed by atoms with Crippen molar-refractivity contribution in [1.29, 1.82) is 0 Å². The minimum Gasteiger partial charge on any atom is -0.492 e. The first-order chi connectivity index (χ1) is 14.8. The zero-order chi connectivity index (χ0) is 22.0. The Labute approximate surface area is 179 Å². The molecule has 0 fully saturated rings. The second-order valence-electron chi connectivity index (χ2n) is 6.42. The molecule has 4 rings (SSSR count). The molecule has 11 heteroatoms. The summed E-state index contributed by atoms with van der Waals surface area (Å²) in [5.74, 6) is 0.681. The van der Waals surface area contributed by atoms with Crippen molar-refractivity contribution in [3.8, 4) is 22.9 Å². The van der Waals surface area contributed by atoms with E-state index in [-0.39, 0.29) is 30.7 Å². The number of nitrogens with one attached hydrogen (secondary N) is 1. The van der Waals surface area contributed by atoms with Gasteiger partial charge in [0.2, 0.25) is 6.79 Å². The first-order valence-corrected chi connectivity index (χ1v) is 9.42. The van der Waals surface area contributed by atoms with E-state index in [0.717, 1.165) is 6.20 Å². The van der Waals surface area contributed by atoms with Crippen molar-refractivity contribution in [2.45, 2.75) is 6.18 Å². The number of ether oxygens (including phenoxy) is 3. The topological polar surface area (TPSA) is 74.6 Å². The first kappa shape index (κ1) is 20.9. The van der Waals surface area contributed by atoms with Crippen LogP contribution in [-0.4, -0.2) is 35.6 Å². The van der Waals surface area contributed by atoms with Crippen LogP contribution in [0.2, 0.25) is 5.02 Å². The Morgan fingerprint density at radius 2 is 2.00 bits per heavy atom. The zero-order valence-electron chi connectivity index (χ0n) is 15.8. The number of fused-ring (bicyclic) bond motifs is 1. The summed E-state index contributed by atoms with van der Waals surface area (Å²) in [6, 6.07) is 10.7. The molecule has 2 aromatic carbocycles. The molecule has 0 saturated carbocycles. The Kier molecular flexibility index (Phi) is 5.64. The number of benzene rings is 2. The van der Waals surface area contributed by atoms with E-state index >= 15 is 0 Å². The Balaban J connectivity index is 1.43. The maximum absolute atomic E-state index is 13.7. The van der Waals surface area contributed by atoms with Crippen molar-refractivity contribution in [3.63, 3.8) is 0 Å². The molecule has 0 spiro atoms. The quantitative estimate of drug-likeness (QED) is 0.569. The van der Waals surface area contributed by atoms with Crippen molar-refractivity contribution >= 4 is 17.5 Å². The molecule has 0 atom stereocenters. The van der Waals surface area contributed by atoms with Crippen molar-refractivity contribution in [1.82, 2.24) is 15.1 Å². The summed E-state index contributed by atoms with van der Waals surface area (Å²) in [7, 11) is 0. The molecular formula is C20H15ClF3N3O4. The van der Waals surface area contributed by atoms with Crippen molar-refractivity contribution in [2.75, 3.05) is 19.9 Å². The number of halogens is 4. The van der Waals surface area contributed by atoms with E-state index in [1.54, 1.807) is 18.2 Å². The monoisotopic (exact) mass is 453 g/mol. The number of carbonyl (C=O) groups is 1. The van der Waals surface area contributed by atoms with Gasteiger partial charge in [-0.1, -0.05) is 17.7 Å². The summed E-state index contributed by atoms with van der Waals surface area (Å²) in [4.78, 5) is 12.4. The van der Waals surface area contributed by atoms with E-state index in [0.29, 0.717) is 21.9 Å². The molecule has 0 aliphatic carbocycles. The Bertz CT molecular complexity index is 1120. The number of amides is 1. The van der Waals surface area contributed by atoms with Gasteiger partial charge in [0.25, 0.3) is 5.91 Å². The van der Waals surface area contributed by atoms with Crippen LogP contribution < -0.4 is 19.5 Å². The molecule has 2 heterocycles. The summed E-state index contributed by atoms with van der Waals surface area (Å²) >= 11 is 5.87. The van der Waals surface area contributed by atoms with Crippen LogP contribution in [0, 0.1) is 0 Å². The van der Waals surface area contributed by atoms with Crippen LogP contribution >= 0.6 is 11.6 Å². The number of hydrogen-bond donors (Lipinski definition) is 1. The van der Waals surface area contributed by atoms with Gasteiger partial charge in [-0.3, -0.25) is 4.79 Å². The minimum absolute atomic E-state index is 0.0209. The highest BCUT2D eigenvalue weighted by Gasteiger charge is 2.40. The van der Waals surface area contributed by atoms with Gasteiger partial charge in [-0.15, -0.1) is 0 Å². The molecule has 1 aromatic heterocycles. The normalized spacial score (nSPS) is 12.6. The Morgan fingerprint density at radius 3 is 2.77 bits per heavy atom. The smallest absolute Gasteiger partial charge is 0.434 e. The third kappa shape index (κ3) is 4.53. The van der Waals surface area contributed by atoms with Gasteiger partial charge < -0.3 is 19.5 Å². The summed E-state index contributed by atoms with van der Waals surface area (Å²) in [5.41, 5.74) is -1.70. The van der Waals surface area contributed by atoms with Gasteiger partial charge >= 0.3 is 6.18 Å². The largest absolute Gasteiger partial charge is 0.492 e. The highest BCUT2D eigenvalue weighted by Crippen LogP contribution is 2.35. The van der Waals surface area contributed by atoms with E-state index in [2.05, 4.69) is 10.4 Å². The predicted molar refractivity (Wildman–Crippen MR) is 104 cm³/mol. The van der Waals surface area contributed by atoms with Crippen LogP contribution in [0.3, 0.4) is 0 Å². The van der Waals surface area contributed by atoms with Gasteiger partial charge in [-0.05, 0) is 30.3 Å². The standard InChI is InChI=1S/C20H15ClF3N3O4/c21-12-2-1-3-13(8-12)27-18(20(22,23)24)15(10-26-27)19(28)25-6-7-29-14-4-5-16-17(9-14)31-11-30-16/h1-5,8-10H,6-7,11H2,(H,25,28). The van der Waals surface area contributed by atoms with Gasteiger partial charge in [0.05, 0.1) is 24.0 Å². The molecule has 7 nitrogen and oxygen atoms in total. The number of nitrogens with zero attached hydrogens (tertiary/aromatic N) is 2. The lowest BCUT2D eigenvalue weighted by atomic mass is 10.2. The molecule has 3 aromatic rings. The predicted octanol–water partition coefficient (Wildman–Crippen LogP) is 4.08. The second-order valence-corrected chi connectivity index (χ2v) is 6.85. The summed E-state index contributed by atoms with van der Waals surface area (Å²) in [6.07, 6.45) is -3.94. The third-order valence-corrected chi connectivity index (χ3v) is 4.57. The minimum atomic E-state index is -4.81. The van der Waals surface area contributed by atoms with Crippen molar-refractivity contribution in [2.24, 2.45) is 0 Å². The average molecular weight is 454 g/mol. The maximum atomic E-state index is 13.7. The van der Waals surface area contributed by atoms with Crippen LogP contribution in [0.15, 0.2) is 48.7 Å². The molecule has 162 valence electrons. The lowest BCUT2D eigenvalue weighted by Gasteiger charge is -2.13. The molecule has 0 saturated heterocycles. The zero-order valence-corrected chi connectivity index (χ0v) is 16.5. The van der Waals surface area contributed by atoms with Crippen LogP contribution in [0.25, 0.3) is 5.69 Å². The fraction of sp³-hybridized carbons (Fsp3) is 0.200. The number of rotatable bonds is 6. The highest BCUT2D eigenvalue weighted by molar-refractivity contribution is 6.30. The maximum Gasteiger partial charge on any atom is 0.434 e. The molecule has 0 bridgehead atoms. The summed E-state index contributed by atoms with van der Waals surface area (Å²) in [5, 5.41) is 6.40. The number of hydrogen-bond acceptors (Lipinski definition) is 5. The number of aromatic nitrogens is 2. The SMILES string of the molecule is O=C(NCCOc1ccc2c(c1)OCO2)c1cnn(-c2cccc(Cl)c2)c1C(F)(F)F. The van der Waals surface area contributed by atoms with Gasteiger partial charge in [0.1, 0.15) is 12.4 Å². The molecule has 31 heavy (non-hydrogen) atoms. The second kappa shape index (κ2) is 8.38. The fourth-order valence-electron chi connectivity index (χ4n) is 2.99. The Morgan fingerprint density at radius 1 is 1.19 bits per heavy atom. The van der Waals surface area contributed by atoms with Gasteiger partial charge in [-0.2, -0.15) is 18.3 Å². The Hall–Kier alpha value is -3.40. The molecule has 0 unspecified atom stereocenters. The van der Waals surface area contributed by atoms with Gasteiger partial charge in [0.15, 0.2) is 17.2 Å². The van der Waals surface area contributed by atoms with Crippen LogP contribution in [0.4, 0.5) is 13.2 Å². The molecule has 1 aliphatic heterocycles. The fourth-order valence-corrected chi connectivity index (χ4v) is 3.17. The van der Waals surface area contributed by atoms with Crippen molar-refractivity contribution < 1.29 is 32.2 Å². The summed E-state index contributed by atoms with van der Waals surface area (Å²) < 4.78 is 57.6. The molecule has 1 N–H and O–H groups in total. The number of alkyl halides is 3. The van der Waals surface area contributed by atoms with E-state index in [4.69, 9.17) is 25.8 Å². The van der Waals surface area contributed by atoms with Crippen molar-refractivity contribution in [3.05, 3.63) is 64.9 Å². The van der Waals surface area contributed by atoms with Crippen LogP contribution in [0.5, 0.6) is 17.2 Å². The average Bonchev–Trinajstić information content (AvgIpc) is 3.37. The van der Waals surface area contributed by atoms with Gasteiger partial charge in [0, 0.05) is 11.1 Å². The van der Waals surface area contributed by atoms with Crippen LogP contribution in [-0.2, 0) is 6.18 Å². The van der Waals surface area contributed by atoms with E-state index < -0.39 is 23.3 Å². The molecule has 1 amide bonds. The molecular weight excluding hydrogens is 439 g/mol. The molecule has 0 radical (unpaired) electrons. The summed E-state index contributed by atoms with van der Waals surface area (Å²) in [6.45, 7) is 0.140. The third-order valence-electron chi connectivity index (χ3n) is 4.34. The lowest BCUT2D eigenvalue weighted by Crippen LogP contribution is -2.30. The number of carbonyl (C=O) groups excluding carboxylic acids is 1. The van der Waals surface area contributed by atoms with E-state index in [1.807, 2.05) is 0 Å². The lowest BCUT2D eigenvalue weighted by molar-refractivity contribution is -0.143. The first-order valence-electron chi connectivity index (χ1n) is 9.05. The van der Waals surface area contributed by atoms with Crippen LogP contribution in [0.1, 0.15) is 16.1 Å². The van der Waals surface area contributed by atoms with E-state index in [9.17, 15) is 18.0 Å². The van der Waals surface area contributed by atoms with E-state index in [1.165, 1.54) is 24.3 Å². The molecule has 1 aliphatic rings.